The maximum atomic E-state index is 13.4. The van der Waals surface area contributed by atoms with Gasteiger partial charge in [0.2, 0.25) is 15.9 Å². The summed E-state index contributed by atoms with van der Waals surface area (Å²) in [4.78, 5) is 19.7. The van der Waals surface area contributed by atoms with Gasteiger partial charge < -0.3 is 25.0 Å². The first-order chi connectivity index (χ1) is 17.3. The number of rotatable bonds is 10. The van der Waals surface area contributed by atoms with E-state index in [2.05, 4.69) is 32.5 Å². The maximum Gasteiger partial charge on any atom is 0.275 e. The molecule has 198 valence electrons. The van der Waals surface area contributed by atoms with Gasteiger partial charge in [0.25, 0.3) is 5.91 Å². The number of nitrogens with one attached hydrogen (secondary N) is 2. The number of hydrogen-bond donors (Lipinski definition) is 2. The highest BCUT2D eigenvalue weighted by Gasteiger charge is 2.35. The molecule has 1 amide bonds. The lowest BCUT2D eigenvalue weighted by Crippen LogP contribution is -2.48. The van der Waals surface area contributed by atoms with Crippen LogP contribution in [0.25, 0.3) is 0 Å². The van der Waals surface area contributed by atoms with Crippen LogP contribution < -0.4 is 15.4 Å². The number of piperazine rings is 1. The first-order valence-corrected chi connectivity index (χ1v) is 13.8. The summed E-state index contributed by atoms with van der Waals surface area (Å²) in [6, 6.07) is 1.55. The van der Waals surface area contributed by atoms with Gasteiger partial charge in [-0.25, -0.2) is 13.4 Å². The van der Waals surface area contributed by atoms with Crippen LogP contribution in [0.5, 0.6) is 5.88 Å². The Kier molecular flexibility index (Phi) is 8.13. The van der Waals surface area contributed by atoms with Gasteiger partial charge >= 0.3 is 0 Å². The second-order valence-electron chi connectivity index (χ2n) is 8.63. The Bertz CT molecular complexity index is 1190. The molecule has 0 bridgehead atoms. The maximum absolute atomic E-state index is 13.4. The van der Waals surface area contributed by atoms with Crippen LogP contribution in [0.3, 0.4) is 0 Å². The number of pyridine rings is 1. The van der Waals surface area contributed by atoms with Crippen molar-refractivity contribution >= 4 is 21.6 Å². The molecule has 2 N–H and O–H groups in total. The number of nitrogens with zero attached hydrogens (tertiary/aromatic N) is 5. The van der Waals surface area contributed by atoms with Crippen molar-refractivity contribution in [3.8, 4) is 5.88 Å². The standard InChI is InChI=1S/C23H35N7O5S/c1-5-18-19-20(27-30(18)12-13-34-4)22(31)26-21(25-19)17-14-16(15-24-23(17)35-7-3)36(32,33)29-10-8-28(6-2)9-11-29/h14-15,21,25H,5-13H2,1-4H3,(H,26,31)/t21-/m0/s1. The van der Waals surface area contributed by atoms with E-state index in [0.717, 1.165) is 12.2 Å². The predicted octanol–water partition coefficient (Wildman–Crippen LogP) is 1.07. The fourth-order valence-electron chi connectivity index (χ4n) is 4.55. The van der Waals surface area contributed by atoms with Crippen molar-refractivity contribution in [2.75, 3.05) is 58.4 Å². The number of likely N-dealkylation sites (N-methyl/N-ethyl adjacent to an activating group) is 1. The minimum absolute atomic E-state index is 0.0688. The Balaban J connectivity index is 1.68. The summed E-state index contributed by atoms with van der Waals surface area (Å²) in [5, 5.41) is 10.7. The van der Waals surface area contributed by atoms with Crippen molar-refractivity contribution in [2.24, 2.45) is 0 Å². The van der Waals surface area contributed by atoms with Gasteiger partial charge in [0.1, 0.15) is 11.1 Å². The molecule has 1 saturated heterocycles. The summed E-state index contributed by atoms with van der Waals surface area (Å²) >= 11 is 0. The molecule has 0 unspecified atom stereocenters. The number of sulfonamides is 1. The van der Waals surface area contributed by atoms with Gasteiger partial charge in [-0.1, -0.05) is 13.8 Å². The summed E-state index contributed by atoms with van der Waals surface area (Å²) in [6.07, 6.45) is 1.23. The number of aromatic nitrogens is 3. The monoisotopic (exact) mass is 521 g/mol. The molecule has 0 spiro atoms. The van der Waals surface area contributed by atoms with E-state index in [1.54, 1.807) is 17.9 Å². The summed E-state index contributed by atoms with van der Waals surface area (Å²) in [7, 11) is -2.15. The SMILES string of the molecule is CCOc1ncc(S(=O)(=O)N2CCN(CC)CC2)cc1[C@@H]1NC(=O)c2nn(CCOC)c(CC)c2N1. The first-order valence-electron chi connectivity index (χ1n) is 12.3. The van der Waals surface area contributed by atoms with E-state index in [1.165, 1.54) is 10.5 Å². The largest absolute Gasteiger partial charge is 0.478 e. The molecule has 13 heteroatoms. The van der Waals surface area contributed by atoms with Gasteiger partial charge in [-0.15, -0.1) is 0 Å². The Morgan fingerprint density at radius 1 is 1.14 bits per heavy atom. The average Bonchev–Trinajstić information content (AvgIpc) is 3.25. The molecule has 12 nitrogen and oxygen atoms in total. The number of amides is 1. The van der Waals surface area contributed by atoms with Gasteiger partial charge in [0.05, 0.1) is 42.9 Å². The van der Waals surface area contributed by atoms with Crippen LogP contribution in [-0.2, 0) is 27.7 Å². The highest BCUT2D eigenvalue weighted by molar-refractivity contribution is 7.89. The van der Waals surface area contributed by atoms with Crippen molar-refractivity contribution in [3.05, 3.63) is 29.2 Å². The summed E-state index contributed by atoms with van der Waals surface area (Å²) < 4.78 is 41.0. The molecule has 2 aromatic rings. The van der Waals surface area contributed by atoms with E-state index < -0.39 is 16.2 Å². The second-order valence-corrected chi connectivity index (χ2v) is 10.6. The lowest BCUT2D eigenvalue weighted by molar-refractivity contribution is 0.0928. The van der Waals surface area contributed by atoms with Gasteiger partial charge in [-0.3, -0.25) is 9.48 Å². The molecule has 2 aliphatic heterocycles. The molecular formula is C23H35N7O5S. The molecule has 2 aliphatic rings. The zero-order valence-electron chi connectivity index (χ0n) is 21.3. The van der Waals surface area contributed by atoms with E-state index in [1.807, 2.05) is 13.8 Å². The molecule has 36 heavy (non-hydrogen) atoms. The van der Waals surface area contributed by atoms with Crippen molar-refractivity contribution < 1.29 is 22.7 Å². The number of carbonyl (C=O) groups excluding carboxylic acids is 1. The number of ether oxygens (including phenoxy) is 2. The third-order valence-corrected chi connectivity index (χ3v) is 8.40. The average molecular weight is 522 g/mol. The van der Waals surface area contributed by atoms with E-state index in [0.29, 0.717) is 69.3 Å². The predicted molar refractivity (Wildman–Crippen MR) is 134 cm³/mol. The molecule has 1 atom stereocenters. The smallest absolute Gasteiger partial charge is 0.275 e. The molecule has 4 heterocycles. The van der Waals surface area contributed by atoms with Crippen molar-refractivity contribution in [1.82, 2.24) is 29.3 Å². The number of anilines is 1. The van der Waals surface area contributed by atoms with Gasteiger partial charge in [-0.2, -0.15) is 9.40 Å². The van der Waals surface area contributed by atoms with Gasteiger partial charge in [0.15, 0.2) is 5.69 Å². The minimum Gasteiger partial charge on any atom is -0.478 e. The van der Waals surface area contributed by atoms with Crippen LogP contribution in [0.15, 0.2) is 17.2 Å². The zero-order valence-corrected chi connectivity index (χ0v) is 22.1. The Morgan fingerprint density at radius 3 is 2.53 bits per heavy atom. The van der Waals surface area contributed by atoms with Gasteiger partial charge in [-0.05, 0) is 26.0 Å². The summed E-state index contributed by atoms with van der Waals surface area (Å²) in [5.74, 6) is -0.0932. The molecule has 0 saturated carbocycles. The lowest BCUT2D eigenvalue weighted by atomic mass is 10.1. The molecule has 1 fully saturated rings. The topological polar surface area (TPSA) is 131 Å². The second kappa shape index (κ2) is 11.1. The van der Waals surface area contributed by atoms with Crippen LogP contribution in [0.1, 0.15) is 48.7 Å². The molecule has 0 aliphatic carbocycles. The Morgan fingerprint density at radius 2 is 1.89 bits per heavy atom. The van der Waals surface area contributed by atoms with Crippen molar-refractivity contribution in [1.29, 1.82) is 0 Å². The Labute approximate surface area is 212 Å². The third-order valence-electron chi connectivity index (χ3n) is 6.54. The highest BCUT2D eigenvalue weighted by Crippen LogP contribution is 2.34. The van der Waals surface area contributed by atoms with Gasteiger partial charge in [0, 0.05) is 33.3 Å². The first kappa shape index (κ1) is 26.3. The lowest BCUT2D eigenvalue weighted by Gasteiger charge is -2.33. The number of carbonyl (C=O) groups is 1. The van der Waals surface area contributed by atoms with E-state index in [4.69, 9.17) is 9.47 Å². The van der Waals surface area contributed by atoms with Crippen LogP contribution in [0.4, 0.5) is 5.69 Å². The molecule has 4 rings (SSSR count). The summed E-state index contributed by atoms with van der Waals surface area (Å²) in [5.41, 5.74) is 2.22. The zero-order chi connectivity index (χ0) is 25.9. The number of fused-ring (bicyclic) bond motifs is 1. The van der Waals surface area contributed by atoms with Crippen LogP contribution in [0.2, 0.25) is 0 Å². The van der Waals surface area contributed by atoms with Crippen molar-refractivity contribution in [2.45, 2.75) is 44.8 Å². The molecular weight excluding hydrogens is 486 g/mol. The third kappa shape index (κ3) is 5.05. The van der Waals surface area contributed by atoms with E-state index in [9.17, 15) is 13.2 Å². The number of hydrogen-bond acceptors (Lipinski definition) is 9. The number of methoxy groups -OCH3 is 1. The molecule has 2 aromatic heterocycles. The van der Waals surface area contributed by atoms with Crippen molar-refractivity contribution in [3.63, 3.8) is 0 Å². The fraction of sp³-hybridized carbons (Fsp3) is 0.609. The molecule has 0 aromatic carbocycles. The van der Waals surface area contributed by atoms with Crippen LogP contribution in [-0.4, -0.2) is 91.3 Å². The highest BCUT2D eigenvalue weighted by atomic mass is 32.2. The van der Waals surface area contributed by atoms with Crippen LogP contribution in [0, 0.1) is 0 Å². The minimum atomic E-state index is -3.76. The van der Waals surface area contributed by atoms with Crippen LogP contribution >= 0.6 is 0 Å². The molecule has 0 radical (unpaired) electrons. The van der Waals surface area contributed by atoms with E-state index in [-0.39, 0.29) is 16.7 Å². The fourth-order valence-corrected chi connectivity index (χ4v) is 5.96. The summed E-state index contributed by atoms with van der Waals surface area (Å²) in [6.45, 7) is 10.3. The Hall–Kier alpha value is -2.74. The normalized spacial score (nSPS) is 19.0. The quantitative estimate of drug-likeness (QED) is 0.471. The van der Waals surface area contributed by atoms with E-state index >= 15 is 0 Å².